The number of aromatic hydroxyl groups is 1. The van der Waals surface area contributed by atoms with E-state index in [1.807, 2.05) is 0 Å². The molecule has 1 aliphatic rings. The minimum absolute atomic E-state index is 0.00186. The fourth-order valence-electron chi connectivity index (χ4n) is 4.65. The number of hydrogen-bond acceptors (Lipinski definition) is 6. The normalized spacial score (nSPS) is 17.6. The number of phenols is 1. The lowest BCUT2D eigenvalue weighted by atomic mass is 9.98. The first kappa shape index (κ1) is 28.6. The van der Waals surface area contributed by atoms with Crippen LogP contribution in [0.1, 0.15) is 33.6 Å². The number of amides is 3. The van der Waals surface area contributed by atoms with Gasteiger partial charge in [-0.3, -0.25) is 19.4 Å². The molecule has 4 N–H and O–H groups in total. The van der Waals surface area contributed by atoms with Crippen LogP contribution in [-0.2, 0) is 22.6 Å². The highest BCUT2D eigenvalue weighted by molar-refractivity contribution is 5.97. The molecule has 0 bridgehead atoms. The van der Waals surface area contributed by atoms with Crippen molar-refractivity contribution in [3.8, 4) is 5.75 Å². The summed E-state index contributed by atoms with van der Waals surface area (Å²) in [4.78, 5) is 44.2. The SMILES string of the molecule is Cc1c(O)cccc1C(=O)NC(Cc1ccccc1)C(O)C(=O)N1CC(F)(F)CC1C(=O)NCc1ccccn1. The molecule has 1 saturated heterocycles. The zero-order chi connectivity index (χ0) is 28.9. The number of aliphatic hydroxyl groups excluding tert-OH is 1. The van der Waals surface area contributed by atoms with Gasteiger partial charge in [-0.1, -0.05) is 42.5 Å². The average molecular weight is 553 g/mol. The summed E-state index contributed by atoms with van der Waals surface area (Å²) in [5.74, 6) is -6.04. The minimum Gasteiger partial charge on any atom is -0.508 e. The standard InChI is InChI=1S/C29H30F2N4O5/c1-18-21(11-7-12-24(18)36)26(38)34-22(14-19-8-3-2-4-9-19)25(37)28(40)35-17-29(30,31)15-23(35)27(39)33-16-20-10-5-6-13-32-20/h2-13,22-23,25,36-37H,14-17H2,1H3,(H,33,39)(H,34,38). The molecule has 3 unspecified atom stereocenters. The van der Waals surface area contributed by atoms with E-state index in [-0.39, 0.29) is 24.3 Å². The van der Waals surface area contributed by atoms with Crippen LogP contribution in [0.25, 0.3) is 0 Å². The third-order valence-electron chi connectivity index (χ3n) is 6.82. The molecule has 1 aromatic heterocycles. The molecular formula is C29H30F2N4O5. The van der Waals surface area contributed by atoms with E-state index in [1.165, 1.54) is 24.4 Å². The maximum atomic E-state index is 14.5. The van der Waals surface area contributed by atoms with Crippen molar-refractivity contribution in [2.45, 2.75) is 50.4 Å². The minimum atomic E-state index is -3.35. The number of benzene rings is 2. The summed E-state index contributed by atoms with van der Waals surface area (Å²) < 4.78 is 29.0. The molecule has 11 heteroatoms. The molecule has 4 rings (SSSR count). The van der Waals surface area contributed by atoms with Gasteiger partial charge >= 0.3 is 0 Å². The van der Waals surface area contributed by atoms with Gasteiger partial charge in [-0.15, -0.1) is 0 Å². The third kappa shape index (κ3) is 6.78. The van der Waals surface area contributed by atoms with Crippen molar-refractivity contribution < 1.29 is 33.4 Å². The van der Waals surface area contributed by atoms with Crippen LogP contribution in [0.4, 0.5) is 8.78 Å². The zero-order valence-electron chi connectivity index (χ0n) is 21.8. The molecule has 9 nitrogen and oxygen atoms in total. The van der Waals surface area contributed by atoms with E-state index in [4.69, 9.17) is 0 Å². The number of alkyl halides is 2. The highest BCUT2D eigenvalue weighted by atomic mass is 19.3. The third-order valence-corrected chi connectivity index (χ3v) is 6.82. The van der Waals surface area contributed by atoms with Crippen LogP contribution in [0.15, 0.2) is 72.9 Å². The number of aromatic nitrogens is 1. The Kier molecular flexibility index (Phi) is 8.73. The van der Waals surface area contributed by atoms with E-state index < -0.39 is 54.8 Å². The summed E-state index contributed by atoms with van der Waals surface area (Å²) in [6, 6.07) is 15.4. The molecule has 2 heterocycles. The summed E-state index contributed by atoms with van der Waals surface area (Å²) in [6.45, 7) is 0.461. The zero-order valence-corrected chi connectivity index (χ0v) is 21.8. The number of likely N-dealkylation sites (tertiary alicyclic amines) is 1. The second-order valence-electron chi connectivity index (χ2n) is 9.75. The fraction of sp³-hybridized carbons (Fsp3) is 0.310. The van der Waals surface area contributed by atoms with Gasteiger partial charge in [0, 0.05) is 23.7 Å². The van der Waals surface area contributed by atoms with Gasteiger partial charge in [-0.2, -0.15) is 0 Å². The molecule has 3 amide bonds. The van der Waals surface area contributed by atoms with Crippen LogP contribution in [0.2, 0.25) is 0 Å². The predicted molar refractivity (Wildman–Crippen MR) is 141 cm³/mol. The van der Waals surface area contributed by atoms with E-state index in [1.54, 1.807) is 55.5 Å². The lowest BCUT2D eigenvalue weighted by Crippen LogP contribution is -2.56. The first-order valence-electron chi connectivity index (χ1n) is 12.7. The second kappa shape index (κ2) is 12.2. The van der Waals surface area contributed by atoms with E-state index in [2.05, 4.69) is 15.6 Å². The van der Waals surface area contributed by atoms with Crippen molar-refractivity contribution in [2.75, 3.05) is 6.54 Å². The van der Waals surface area contributed by atoms with Crippen molar-refractivity contribution >= 4 is 17.7 Å². The lowest BCUT2D eigenvalue weighted by molar-refractivity contribution is -0.147. The average Bonchev–Trinajstić information content (AvgIpc) is 3.28. The molecule has 1 aliphatic heterocycles. The number of carbonyl (C=O) groups is 3. The second-order valence-corrected chi connectivity index (χ2v) is 9.75. The first-order valence-corrected chi connectivity index (χ1v) is 12.7. The van der Waals surface area contributed by atoms with Gasteiger partial charge in [0.05, 0.1) is 24.8 Å². The topological polar surface area (TPSA) is 132 Å². The molecule has 0 aliphatic carbocycles. The van der Waals surface area contributed by atoms with Crippen LogP contribution in [0, 0.1) is 6.92 Å². The quantitative estimate of drug-likeness (QED) is 0.322. The molecule has 210 valence electrons. The number of nitrogens with zero attached hydrogens (tertiary/aromatic N) is 2. The van der Waals surface area contributed by atoms with Crippen molar-refractivity contribution in [1.82, 2.24) is 20.5 Å². The Labute approximate surface area is 229 Å². The van der Waals surface area contributed by atoms with Gasteiger partial charge < -0.3 is 25.7 Å². The summed E-state index contributed by atoms with van der Waals surface area (Å²) in [6.07, 6.45) is -1.33. The van der Waals surface area contributed by atoms with Crippen LogP contribution >= 0.6 is 0 Å². The summed E-state index contributed by atoms with van der Waals surface area (Å²) >= 11 is 0. The number of hydrogen-bond donors (Lipinski definition) is 4. The molecule has 2 aromatic carbocycles. The summed E-state index contributed by atoms with van der Waals surface area (Å²) in [7, 11) is 0. The van der Waals surface area contributed by atoms with E-state index >= 15 is 0 Å². The van der Waals surface area contributed by atoms with E-state index in [0.29, 0.717) is 21.7 Å². The van der Waals surface area contributed by atoms with Gasteiger partial charge in [0.1, 0.15) is 11.8 Å². The highest BCUT2D eigenvalue weighted by Gasteiger charge is 2.51. The van der Waals surface area contributed by atoms with Crippen molar-refractivity contribution in [3.63, 3.8) is 0 Å². The van der Waals surface area contributed by atoms with Crippen LogP contribution in [-0.4, -0.2) is 68.5 Å². The summed E-state index contributed by atoms with van der Waals surface area (Å²) in [5, 5.41) is 26.3. The smallest absolute Gasteiger partial charge is 0.267 e. The fourth-order valence-corrected chi connectivity index (χ4v) is 4.65. The Morgan fingerprint density at radius 3 is 2.50 bits per heavy atom. The molecular weight excluding hydrogens is 522 g/mol. The maximum absolute atomic E-state index is 14.5. The van der Waals surface area contributed by atoms with Crippen LogP contribution in [0.3, 0.4) is 0 Å². The number of halogens is 2. The Hall–Kier alpha value is -4.38. The van der Waals surface area contributed by atoms with Gasteiger partial charge in [0.15, 0.2) is 6.10 Å². The molecule has 40 heavy (non-hydrogen) atoms. The first-order chi connectivity index (χ1) is 19.1. The monoisotopic (exact) mass is 552 g/mol. The van der Waals surface area contributed by atoms with Gasteiger partial charge in [0.2, 0.25) is 5.91 Å². The molecule has 1 fully saturated rings. The van der Waals surface area contributed by atoms with Crippen LogP contribution < -0.4 is 10.6 Å². The molecule has 3 atom stereocenters. The van der Waals surface area contributed by atoms with Crippen molar-refractivity contribution in [2.24, 2.45) is 0 Å². The Morgan fingerprint density at radius 1 is 1.07 bits per heavy atom. The highest BCUT2D eigenvalue weighted by Crippen LogP contribution is 2.33. The molecule has 3 aromatic rings. The van der Waals surface area contributed by atoms with Gasteiger partial charge in [-0.05, 0) is 43.2 Å². The van der Waals surface area contributed by atoms with Gasteiger partial charge in [-0.25, -0.2) is 8.78 Å². The molecule has 0 spiro atoms. The Balaban J connectivity index is 1.55. The number of rotatable bonds is 9. The maximum Gasteiger partial charge on any atom is 0.267 e. The predicted octanol–water partition coefficient (Wildman–Crippen LogP) is 2.35. The largest absolute Gasteiger partial charge is 0.508 e. The van der Waals surface area contributed by atoms with Crippen molar-refractivity contribution in [3.05, 3.63) is 95.3 Å². The van der Waals surface area contributed by atoms with Gasteiger partial charge in [0.25, 0.3) is 17.7 Å². The molecule has 0 saturated carbocycles. The lowest BCUT2D eigenvalue weighted by Gasteiger charge is -2.30. The number of pyridine rings is 1. The number of phenolic OH excluding ortho intramolecular Hbond substituents is 1. The number of aliphatic hydroxyl groups is 1. The van der Waals surface area contributed by atoms with E-state index in [9.17, 15) is 33.4 Å². The molecule has 0 radical (unpaired) electrons. The number of carbonyl (C=O) groups excluding carboxylic acids is 3. The van der Waals surface area contributed by atoms with Crippen molar-refractivity contribution in [1.29, 1.82) is 0 Å². The Bertz CT molecular complexity index is 1360. The summed E-state index contributed by atoms with van der Waals surface area (Å²) in [5.41, 5.74) is 1.59. The Morgan fingerprint density at radius 2 is 1.80 bits per heavy atom. The van der Waals surface area contributed by atoms with E-state index in [0.717, 1.165) is 0 Å². The van der Waals surface area contributed by atoms with Crippen LogP contribution in [0.5, 0.6) is 5.75 Å². The number of nitrogens with one attached hydrogen (secondary N) is 2.